The average Bonchev–Trinajstić information content (AvgIpc) is 2.41. The number of amides is 1. The molecule has 0 radical (unpaired) electrons. The van der Waals surface area contributed by atoms with Crippen LogP contribution in [0.15, 0.2) is 24.3 Å². The number of allylic oxidation sites excluding steroid dienone is 2. The van der Waals surface area contributed by atoms with Crippen LogP contribution in [-0.4, -0.2) is 23.8 Å². The number of nitrogens with one attached hydrogen (secondary N) is 1. The molecule has 1 aliphatic rings. The number of ether oxygens (including phenoxy) is 1. The minimum Gasteiger partial charge on any atom is -0.447 e. The van der Waals surface area contributed by atoms with Gasteiger partial charge in [0.25, 0.3) is 6.47 Å². The second kappa shape index (κ2) is 5.79. The van der Waals surface area contributed by atoms with Gasteiger partial charge in [-0.1, -0.05) is 25.2 Å². The van der Waals surface area contributed by atoms with Crippen LogP contribution in [0.4, 0.5) is 0 Å². The van der Waals surface area contributed by atoms with Crippen LogP contribution in [0.5, 0.6) is 0 Å². The van der Waals surface area contributed by atoms with E-state index >= 15 is 0 Å². The fourth-order valence-electron chi connectivity index (χ4n) is 2.23. The van der Waals surface area contributed by atoms with E-state index in [1.165, 1.54) is 19.1 Å². The van der Waals surface area contributed by atoms with E-state index in [9.17, 15) is 14.4 Å². The van der Waals surface area contributed by atoms with E-state index < -0.39 is 16.9 Å². The zero-order valence-electron chi connectivity index (χ0n) is 11.0. The molecular formula is C13H18N2O4. The third-order valence-electron chi connectivity index (χ3n) is 3.37. The summed E-state index contributed by atoms with van der Waals surface area (Å²) >= 11 is 0. The van der Waals surface area contributed by atoms with Crippen molar-refractivity contribution in [3.8, 4) is 0 Å². The maximum absolute atomic E-state index is 12.4. The van der Waals surface area contributed by atoms with Crippen LogP contribution in [-0.2, 0) is 19.1 Å². The van der Waals surface area contributed by atoms with Gasteiger partial charge >= 0.3 is 0 Å². The topological polar surface area (TPSA) is 98.5 Å². The molecule has 104 valence electrons. The van der Waals surface area contributed by atoms with Crippen LogP contribution in [0.3, 0.4) is 0 Å². The summed E-state index contributed by atoms with van der Waals surface area (Å²) in [7, 11) is 0. The molecule has 2 atom stereocenters. The van der Waals surface area contributed by atoms with Gasteiger partial charge in [-0.25, -0.2) is 5.84 Å². The molecular weight excluding hydrogens is 248 g/mol. The predicted octanol–water partition coefficient (Wildman–Crippen LogP) is 0.390. The molecule has 0 aromatic carbocycles. The molecule has 0 saturated carbocycles. The third kappa shape index (κ3) is 2.31. The largest absolute Gasteiger partial charge is 0.447 e. The van der Waals surface area contributed by atoms with E-state index in [-0.39, 0.29) is 18.7 Å². The van der Waals surface area contributed by atoms with Gasteiger partial charge < -0.3 is 4.74 Å². The summed E-state index contributed by atoms with van der Waals surface area (Å²) in [6, 6.07) is 0. The molecule has 0 saturated heterocycles. The highest BCUT2D eigenvalue weighted by molar-refractivity contribution is 6.00. The smallest absolute Gasteiger partial charge is 0.294 e. The molecule has 0 bridgehead atoms. The van der Waals surface area contributed by atoms with E-state index in [1.54, 1.807) is 12.2 Å². The van der Waals surface area contributed by atoms with Crippen molar-refractivity contribution in [2.24, 2.45) is 11.3 Å². The maximum atomic E-state index is 12.4. The lowest BCUT2D eigenvalue weighted by Gasteiger charge is -2.41. The van der Waals surface area contributed by atoms with Gasteiger partial charge in [-0.05, 0) is 19.4 Å². The third-order valence-corrected chi connectivity index (χ3v) is 3.37. The number of carbonyl (C=O) groups is 3. The molecule has 1 rings (SSSR count). The first-order valence-corrected chi connectivity index (χ1v) is 6.01. The molecule has 6 nitrogen and oxygen atoms in total. The van der Waals surface area contributed by atoms with Crippen LogP contribution in [0.25, 0.3) is 0 Å². The number of hydrogen-bond donors (Lipinski definition) is 2. The predicted molar refractivity (Wildman–Crippen MR) is 68.5 cm³/mol. The number of Topliss-reactive ketones (excluding diaryl/α,β-unsaturated/α-hetero) is 1. The van der Waals surface area contributed by atoms with Crippen molar-refractivity contribution in [3.05, 3.63) is 24.3 Å². The van der Waals surface area contributed by atoms with Gasteiger partial charge in [0.05, 0.1) is 0 Å². The first kappa shape index (κ1) is 15.1. The van der Waals surface area contributed by atoms with Gasteiger partial charge in [0.2, 0.25) is 11.5 Å². The zero-order chi connectivity index (χ0) is 14.5. The monoisotopic (exact) mass is 266 g/mol. The Morgan fingerprint density at radius 1 is 1.37 bits per heavy atom. The number of hydrogen-bond acceptors (Lipinski definition) is 5. The van der Waals surface area contributed by atoms with E-state index in [0.717, 1.165) is 0 Å². The molecule has 2 unspecified atom stereocenters. The highest BCUT2D eigenvalue weighted by Crippen LogP contribution is 2.41. The Morgan fingerprint density at radius 2 is 2.00 bits per heavy atom. The van der Waals surface area contributed by atoms with Crippen molar-refractivity contribution in [3.63, 3.8) is 0 Å². The summed E-state index contributed by atoms with van der Waals surface area (Å²) < 4.78 is 5.04. The quantitative estimate of drug-likeness (QED) is 0.313. The van der Waals surface area contributed by atoms with E-state index in [2.05, 4.69) is 0 Å². The summed E-state index contributed by atoms with van der Waals surface area (Å²) in [5.74, 6) is 4.23. The summed E-state index contributed by atoms with van der Waals surface area (Å²) in [6.45, 7) is 3.51. The van der Waals surface area contributed by atoms with E-state index in [1.807, 2.05) is 12.3 Å². The second-order valence-corrected chi connectivity index (χ2v) is 4.52. The molecule has 0 fully saturated rings. The van der Waals surface area contributed by atoms with Gasteiger partial charge in [-0.2, -0.15) is 0 Å². The van der Waals surface area contributed by atoms with Crippen LogP contribution in [0.1, 0.15) is 26.7 Å². The molecule has 0 spiro atoms. The van der Waals surface area contributed by atoms with Gasteiger partial charge in [0.1, 0.15) is 5.41 Å². The van der Waals surface area contributed by atoms with Gasteiger partial charge in [0.15, 0.2) is 5.78 Å². The Morgan fingerprint density at radius 3 is 2.53 bits per heavy atom. The fourth-order valence-corrected chi connectivity index (χ4v) is 2.23. The first-order chi connectivity index (χ1) is 8.98. The Bertz CT molecular complexity index is 444. The molecule has 6 heteroatoms. The zero-order valence-corrected chi connectivity index (χ0v) is 11.0. The summed E-state index contributed by atoms with van der Waals surface area (Å²) in [5.41, 5.74) is -1.01. The van der Waals surface area contributed by atoms with Crippen LogP contribution >= 0.6 is 0 Å². The van der Waals surface area contributed by atoms with Crippen molar-refractivity contribution < 1.29 is 19.1 Å². The molecule has 19 heavy (non-hydrogen) atoms. The maximum Gasteiger partial charge on any atom is 0.294 e. The lowest BCUT2D eigenvalue weighted by Crippen LogP contribution is -2.60. The molecule has 1 amide bonds. The fraction of sp³-hybridized carbons (Fsp3) is 0.462. The molecule has 3 N–H and O–H groups in total. The molecule has 0 aromatic rings. The summed E-state index contributed by atoms with van der Waals surface area (Å²) in [5, 5.41) is 0. The Balaban J connectivity index is 3.36. The average molecular weight is 266 g/mol. The minimum absolute atomic E-state index is 0.180. The highest BCUT2D eigenvalue weighted by atomic mass is 16.5. The lowest BCUT2D eigenvalue weighted by atomic mass is 9.67. The normalized spacial score (nSPS) is 28.8. The van der Waals surface area contributed by atoms with E-state index in [0.29, 0.717) is 6.42 Å². The number of nitrogens with two attached hydrogens (primary N) is 1. The molecule has 0 heterocycles. The SMILES string of the molecule is CCCC(=O)C1(OC=O)C=CC=CC1(C)C(=O)NN. The molecule has 1 aliphatic carbocycles. The number of rotatable bonds is 6. The Hall–Kier alpha value is -1.95. The van der Waals surface area contributed by atoms with Crippen LogP contribution in [0.2, 0.25) is 0 Å². The summed E-state index contributed by atoms with van der Waals surface area (Å²) in [6.07, 6.45) is 6.89. The van der Waals surface area contributed by atoms with Crippen molar-refractivity contribution in [2.75, 3.05) is 0 Å². The Labute approximate surface area is 111 Å². The lowest BCUT2D eigenvalue weighted by molar-refractivity contribution is -0.166. The second-order valence-electron chi connectivity index (χ2n) is 4.52. The van der Waals surface area contributed by atoms with Crippen molar-refractivity contribution in [2.45, 2.75) is 32.3 Å². The van der Waals surface area contributed by atoms with Crippen molar-refractivity contribution in [1.82, 2.24) is 5.43 Å². The number of carbonyl (C=O) groups excluding carboxylic acids is 3. The summed E-state index contributed by atoms with van der Waals surface area (Å²) in [4.78, 5) is 35.2. The van der Waals surface area contributed by atoms with Crippen molar-refractivity contribution >= 4 is 18.2 Å². The van der Waals surface area contributed by atoms with E-state index in [4.69, 9.17) is 10.6 Å². The molecule has 0 aromatic heterocycles. The minimum atomic E-state index is -1.65. The highest BCUT2D eigenvalue weighted by Gasteiger charge is 2.57. The van der Waals surface area contributed by atoms with Gasteiger partial charge in [-0.15, -0.1) is 0 Å². The van der Waals surface area contributed by atoms with Crippen molar-refractivity contribution in [1.29, 1.82) is 0 Å². The first-order valence-electron chi connectivity index (χ1n) is 6.01. The van der Waals surface area contributed by atoms with Crippen LogP contribution in [0, 0.1) is 5.41 Å². The Kier molecular flexibility index (Phi) is 4.61. The molecule has 0 aliphatic heterocycles. The van der Waals surface area contributed by atoms with Crippen LogP contribution < -0.4 is 11.3 Å². The van der Waals surface area contributed by atoms with Gasteiger partial charge in [0, 0.05) is 6.42 Å². The number of hydrazine groups is 1. The standard InChI is InChI=1S/C13H18N2O4/c1-3-6-10(17)13(19-9-16)8-5-4-7-12(13,2)11(18)15-14/h4-5,7-9H,3,6,14H2,1-2H3,(H,15,18). The van der Waals surface area contributed by atoms with Gasteiger partial charge in [-0.3, -0.25) is 19.8 Å². The number of ketones is 1.